The summed E-state index contributed by atoms with van der Waals surface area (Å²) in [6.07, 6.45) is 3.16. The summed E-state index contributed by atoms with van der Waals surface area (Å²) in [6.45, 7) is 4.22. The Morgan fingerprint density at radius 1 is 1.03 bits per heavy atom. The minimum absolute atomic E-state index is 0.0536. The molecule has 3 heterocycles. The number of hydrogen-bond acceptors (Lipinski definition) is 4. The van der Waals surface area contributed by atoms with Gasteiger partial charge in [-0.25, -0.2) is 15.0 Å². The zero-order valence-corrected chi connectivity index (χ0v) is 17.4. The van der Waals surface area contributed by atoms with E-state index in [0.29, 0.717) is 11.5 Å². The topological polar surface area (TPSA) is 70.4 Å². The van der Waals surface area contributed by atoms with Crippen molar-refractivity contribution in [2.24, 2.45) is 0 Å². The number of halogens is 1. The number of benzene rings is 2. The van der Waals surface area contributed by atoms with E-state index in [4.69, 9.17) is 11.6 Å². The van der Waals surface area contributed by atoms with Gasteiger partial charge in [0, 0.05) is 25.1 Å². The molecule has 0 saturated heterocycles. The summed E-state index contributed by atoms with van der Waals surface area (Å²) < 4.78 is 2.24. The largest absolute Gasteiger partial charge is 0.356 e. The van der Waals surface area contributed by atoms with E-state index in [1.165, 1.54) is 6.33 Å². The van der Waals surface area contributed by atoms with Gasteiger partial charge in [-0.05, 0) is 18.4 Å². The van der Waals surface area contributed by atoms with Crippen LogP contribution in [0.15, 0.2) is 67.3 Å². The zero-order chi connectivity index (χ0) is 20.7. The first-order chi connectivity index (χ1) is 14.6. The lowest BCUT2D eigenvalue weighted by Gasteiger charge is -2.17. The molecule has 2 aromatic carbocycles. The normalized spacial score (nSPS) is 12.4. The van der Waals surface area contributed by atoms with E-state index in [9.17, 15) is 0 Å². The number of aromatic nitrogens is 5. The molecule has 1 atom stereocenters. The van der Waals surface area contributed by atoms with Gasteiger partial charge in [0.05, 0.1) is 16.7 Å². The maximum atomic E-state index is 6.58. The van der Waals surface area contributed by atoms with Gasteiger partial charge in [-0.3, -0.25) is 0 Å². The van der Waals surface area contributed by atoms with Crippen molar-refractivity contribution in [3.05, 3.63) is 83.7 Å². The molecule has 0 unspecified atom stereocenters. The van der Waals surface area contributed by atoms with Gasteiger partial charge in [0.15, 0.2) is 17.2 Å². The number of pyridine rings is 1. The van der Waals surface area contributed by atoms with Gasteiger partial charge in [-0.2, -0.15) is 4.57 Å². The first kappa shape index (κ1) is 18.5. The molecule has 7 heteroatoms. The molecule has 0 aliphatic rings. The Morgan fingerprint density at radius 2 is 1.87 bits per heavy atom. The number of nitrogens with zero attached hydrogens (tertiary/aromatic N) is 4. The third-order valence-electron chi connectivity index (χ3n) is 5.33. The minimum atomic E-state index is -0.0536. The summed E-state index contributed by atoms with van der Waals surface area (Å²) in [4.78, 5) is 16.0. The van der Waals surface area contributed by atoms with Gasteiger partial charge in [-0.1, -0.05) is 41.9 Å². The number of aryl methyl sites for hydroxylation is 1. The number of aromatic amines is 1. The Balaban J connectivity index is 1.70. The van der Waals surface area contributed by atoms with Crippen LogP contribution in [-0.2, 0) is 0 Å². The van der Waals surface area contributed by atoms with Crippen molar-refractivity contribution in [1.82, 2.24) is 19.9 Å². The number of anilines is 1. The van der Waals surface area contributed by atoms with Crippen molar-refractivity contribution in [2.45, 2.75) is 19.9 Å². The van der Waals surface area contributed by atoms with E-state index in [1.54, 1.807) is 6.33 Å². The van der Waals surface area contributed by atoms with E-state index in [0.717, 1.165) is 38.4 Å². The molecule has 0 saturated carbocycles. The molecule has 6 nitrogen and oxygen atoms in total. The van der Waals surface area contributed by atoms with Crippen LogP contribution >= 0.6 is 11.6 Å². The van der Waals surface area contributed by atoms with Crippen LogP contribution in [0.3, 0.4) is 0 Å². The maximum Gasteiger partial charge on any atom is 0.211 e. The van der Waals surface area contributed by atoms with E-state index < -0.39 is 0 Å². The molecule has 0 aliphatic carbocycles. The average Bonchev–Trinajstić information content (AvgIpc) is 3.24. The number of imidazole rings is 1. The molecule has 148 valence electrons. The van der Waals surface area contributed by atoms with Crippen molar-refractivity contribution in [2.75, 3.05) is 5.32 Å². The van der Waals surface area contributed by atoms with Gasteiger partial charge in [0.25, 0.3) is 0 Å². The van der Waals surface area contributed by atoms with E-state index >= 15 is 0 Å². The Morgan fingerprint density at radius 3 is 2.70 bits per heavy atom. The Labute approximate surface area is 178 Å². The Hall–Kier alpha value is -3.51. The number of para-hydroxylation sites is 1. The highest BCUT2D eigenvalue weighted by Gasteiger charge is 2.26. The van der Waals surface area contributed by atoms with Crippen LogP contribution in [0, 0.1) is 6.92 Å². The second-order valence-electron chi connectivity index (χ2n) is 7.22. The van der Waals surface area contributed by atoms with E-state index in [2.05, 4.69) is 67.9 Å². The summed E-state index contributed by atoms with van der Waals surface area (Å²) in [5, 5.41) is 6.41. The predicted molar refractivity (Wildman–Crippen MR) is 119 cm³/mol. The van der Waals surface area contributed by atoms with Crippen molar-refractivity contribution >= 4 is 39.4 Å². The predicted octanol–water partition coefficient (Wildman–Crippen LogP) is 4.92. The molecule has 0 bridgehead atoms. The summed E-state index contributed by atoms with van der Waals surface area (Å²) in [6, 6.07) is 18.4. The fraction of sp³-hybridized carbons (Fsp3) is 0.130. The smallest absolute Gasteiger partial charge is 0.211 e. The first-order valence-electron chi connectivity index (χ1n) is 9.73. The van der Waals surface area contributed by atoms with Gasteiger partial charge in [0.1, 0.15) is 17.9 Å². The first-order valence-corrected chi connectivity index (χ1v) is 10.1. The summed E-state index contributed by atoms with van der Waals surface area (Å²) >= 11 is 6.58. The number of nitrogens with one attached hydrogen (secondary N) is 2. The van der Waals surface area contributed by atoms with Crippen LogP contribution in [0.4, 0.5) is 5.82 Å². The second kappa shape index (κ2) is 7.39. The molecule has 0 radical (unpaired) electrons. The molecule has 2 N–H and O–H groups in total. The molecule has 0 fully saturated rings. The highest BCUT2D eigenvalue weighted by atomic mass is 35.5. The highest BCUT2D eigenvalue weighted by molar-refractivity contribution is 6.35. The van der Waals surface area contributed by atoms with E-state index in [1.807, 2.05) is 30.3 Å². The molecule has 5 aromatic rings. The van der Waals surface area contributed by atoms with Gasteiger partial charge in [0.2, 0.25) is 11.4 Å². The molecule has 30 heavy (non-hydrogen) atoms. The van der Waals surface area contributed by atoms with Gasteiger partial charge in [-0.15, -0.1) is 0 Å². The lowest BCUT2D eigenvalue weighted by molar-refractivity contribution is -0.610. The fourth-order valence-electron chi connectivity index (χ4n) is 3.96. The van der Waals surface area contributed by atoms with Crippen LogP contribution in [0.25, 0.3) is 27.6 Å². The molecule has 3 aromatic heterocycles. The number of fused-ring (bicyclic) bond motifs is 2. The lowest BCUT2D eigenvalue weighted by atomic mass is 10.0. The third-order valence-corrected chi connectivity index (χ3v) is 5.65. The average molecular weight is 416 g/mol. The van der Waals surface area contributed by atoms with E-state index in [-0.39, 0.29) is 6.04 Å². The van der Waals surface area contributed by atoms with Gasteiger partial charge < -0.3 is 10.3 Å². The number of hydrogen-bond donors (Lipinski definition) is 2. The molecule has 0 amide bonds. The van der Waals surface area contributed by atoms with Crippen LogP contribution in [0.1, 0.15) is 24.4 Å². The van der Waals surface area contributed by atoms with Gasteiger partial charge >= 0.3 is 0 Å². The highest BCUT2D eigenvalue weighted by Crippen LogP contribution is 2.29. The summed E-state index contributed by atoms with van der Waals surface area (Å²) in [5.74, 6) is 0.692. The van der Waals surface area contributed by atoms with Crippen LogP contribution in [-0.4, -0.2) is 19.9 Å². The van der Waals surface area contributed by atoms with Crippen molar-refractivity contribution < 1.29 is 4.57 Å². The molecule has 0 spiro atoms. The van der Waals surface area contributed by atoms with Crippen LogP contribution < -0.4 is 9.88 Å². The SMILES string of the molecule is Cc1c2c(Cl)cccc2cc([C@H](C)Nc2ncnc3[nH]cnc23)[n+]1-c1ccccc1. The molecular weight excluding hydrogens is 396 g/mol. The standard InChI is InChI=1S/C23H20ClN6/c1-14(29-23-21-22(26-12-25-21)27-13-28-23)19-11-16-7-6-10-18(24)20(16)15(2)30(19)17-8-4-3-5-9-17/h3-14H,1-2H3,(H2,25,26,27,28,29)/q+1/t14-/m0/s1. The number of rotatable bonds is 4. The molecule has 0 aliphatic heterocycles. The third kappa shape index (κ3) is 3.06. The lowest BCUT2D eigenvalue weighted by Crippen LogP contribution is -2.41. The quantitative estimate of drug-likeness (QED) is 0.409. The molecular formula is C23H20ClN6+. The fourth-order valence-corrected chi connectivity index (χ4v) is 4.28. The number of H-pyrrole nitrogens is 1. The van der Waals surface area contributed by atoms with Crippen molar-refractivity contribution in [1.29, 1.82) is 0 Å². The second-order valence-corrected chi connectivity index (χ2v) is 7.62. The summed E-state index contributed by atoms with van der Waals surface area (Å²) in [5.41, 5.74) is 4.68. The van der Waals surface area contributed by atoms with Crippen molar-refractivity contribution in [3.8, 4) is 5.69 Å². The monoisotopic (exact) mass is 415 g/mol. The van der Waals surface area contributed by atoms with Crippen molar-refractivity contribution in [3.63, 3.8) is 0 Å². The maximum absolute atomic E-state index is 6.58. The summed E-state index contributed by atoms with van der Waals surface area (Å²) in [7, 11) is 0. The Bertz CT molecular complexity index is 1360. The van der Waals surface area contributed by atoms with Crippen LogP contribution in [0.2, 0.25) is 5.02 Å². The minimum Gasteiger partial charge on any atom is -0.356 e. The zero-order valence-electron chi connectivity index (χ0n) is 16.6. The van der Waals surface area contributed by atoms with Crippen LogP contribution in [0.5, 0.6) is 0 Å². The Kier molecular flexibility index (Phi) is 4.56. The molecule has 5 rings (SSSR count).